The largest absolute Gasteiger partial charge is 0.490 e. The fourth-order valence-corrected chi connectivity index (χ4v) is 1.79. The molecule has 2 rings (SSSR count). The number of hydrogen-bond acceptors (Lipinski definition) is 6. The normalized spacial score (nSPS) is 10.2. The highest BCUT2D eigenvalue weighted by molar-refractivity contribution is 5.94. The molecule has 0 saturated carbocycles. The highest BCUT2D eigenvalue weighted by Crippen LogP contribution is 2.27. The third-order valence-corrected chi connectivity index (χ3v) is 2.82. The Kier molecular flexibility index (Phi) is 4.12. The van der Waals surface area contributed by atoms with Gasteiger partial charge in [-0.2, -0.15) is 5.10 Å². The molecule has 0 aliphatic heterocycles. The summed E-state index contributed by atoms with van der Waals surface area (Å²) in [6, 6.07) is 3.98. The van der Waals surface area contributed by atoms with Crippen LogP contribution in [0.25, 0.3) is 0 Å². The van der Waals surface area contributed by atoms with Crippen LogP contribution in [0.15, 0.2) is 24.5 Å². The van der Waals surface area contributed by atoms with Crippen molar-refractivity contribution >= 4 is 11.6 Å². The number of H-pyrrole nitrogens is 1. The molecule has 0 spiro atoms. The number of aromatic nitrogens is 3. The number of amides is 1. The minimum Gasteiger partial charge on any atom is -0.490 e. The number of rotatable bonds is 5. The van der Waals surface area contributed by atoms with Gasteiger partial charge >= 0.3 is 5.69 Å². The molecule has 0 aliphatic carbocycles. The van der Waals surface area contributed by atoms with E-state index < -0.39 is 4.92 Å². The number of methoxy groups -OCH3 is 1. The number of aromatic amines is 1. The van der Waals surface area contributed by atoms with Crippen LogP contribution in [0.3, 0.4) is 0 Å². The number of nitro groups is 1. The fourth-order valence-electron chi connectivity index (χ4n) is 1.79. The topological polar surface area (TPSA) is 114 Å². The Morgan fingerprint density at radius 1 is 1.52 bits per heavy atom. The molecule has 9 heteroatoms. The minimum atomic E-state index is -0.564. The Balaban J connectivity index is 2.20. The van der Waals surface area contributed by atoms with E-state index in [0.29, 0.717) is 11.4 Å². The average molecular weight is 291 g/mol. The van der Waals surface area contributed by atoms with Crippen LogP contribution in [0.4, 0.5) is 5.69 Å². The SMILES string of the molecule is COc1cc(C(=O)N(C)Cc2ncn[nH]2)ccc1[N+](=O)[O-]. The molecular weight excluding hydrogens is 278 g/mol. The lowest BCUT2D eigenvalue weighted by Gasteiger charge is -2.15. The smallest absolute Gasteiger partial charge is 0.310 e. The van der Waals surface area contributed by atoms with E-state index in [2.05, 4.69) is 15.2 Å². The maximum Gasteiger partial charge on any atom is 0.310 e. The highest BCUT2D eigenvalue weighted by Gasteiger charge is 2.19. The van der Waals surface area contributed by atoms with E-state index >= 15 is 0 Å². The van der Waals surface area contributed by atoms with Crippen molar-refractivity contribution in [3.05, 3.63) is 46.0 Å². The van der Waals surface area contributed by atoms with Gasteiger partial charge < -0.3 is 9.64 Å². The lowest BCUT2D eigenvalue weighted by atomic mass is 10.1. The second-order valence-electron chi connectivity index (χ2n) is 4.24. The van der Waals surface area contributed by atoms with Crippen LogP contribution in [0, 0.1) is 10.1 Å². The molecule has 0 unspecified atom stereocenters. The standard InChI is InChI=1S/C12H13N5O4/c1-16(6-11-13-7-14-15-11)12(18)8-3-4-9(17(19)20)10(5-8)21-2/h3-5,7H,6H2,1-2H3,(H,13,14,15). The van der Waals surface area contributed by atoms with Crippen molar-refractivity contribution in [2.75, 3.05) is 14.2 Å². The summed E-state index contributed by atoms with van der Waals surface area (Å²) in [4.78, 5) is 27.9. The Labute approximate surface area is 119 Å². The van der Waals surface area contributed by atoms with E-state index in [1.165, 1.54) is 36.5 Å². The maximum atomic E-state index is 12.3. The zero-order valence-corrected chi connectivity index (χ0v) is 11.4. The van der Waals surface area contributed by atoms with E-state index in [-0.39, 0.29) is 23.9 Å². The van der Waals surface area contributed by atoms with Crippen LogP contribution < -0.4 is 4.74 Å². The first kappa shape index (κ1) is 14.4. The van der Waals surface area contributed by atoms with Gasteiger partial charge in [-0.25, -0.2) is 4.98 Å². The molecule has 2 aromatic rings. The molecule has 21 heavy (non-hydrogen) atoms. The Morgan fingerprint density at radius 2 is 2.29 bits per heavy atom. The van der Waals surface area contributed by atoms with Gasteiger partial charge in [0.15, 0.2) is 5.75 Å². The molecule has 1 aromatic carbocycles. The van der Waals surface area contributed by atoms with Crippen molar-refractivity contribution in [1.29, 1.82) is 0 Å². The number of ether oxygens (including phenoxy) is 1. The van der Waals surface area contributed by atoms with Crippen LogP contribution >= 0.6 is 0 Å². The lowest BCUT2D eigenvalue weighted by Crippen LogP contribution is -2.26. The van der Waals surface area contributed by atoms with Gasteiger partial charge in [-0.15, -0.1) is 0 Å². The molecule has 0 saturated heterocycles. The highest BCUT2D eigenvalue weighted by atomic mass is 16.6. The predicted molar refractivity (Wildman–Crippen MR) is 71.8 cm³/mol. The third-order valence-electron chi connectivity index (χ3n) is 2.82. The van der Waals surface area contributed by atoms with Crippen molar-refractivity contribution in [1.82, 2.24) is 20.1 Å². The molecule has 9 nitrogen and oxygen atoms in total. The molecule has 0 bridgehead atoms. The third kappa shape index (κ3) is 3.14. The number of nitrogens with zero attached hydrogens (tertiary/aromatic N) is 4. The maximum absolute atomic E-state index is 12.3. The summed E-state index contributed by atoms with van der Waals surface area (Å²) in [5.41, 5.74) is 0.103. The van der Waals surface area contributed by atoms with Crippen LogP contribution in [-0.4, -0.2) is 45.1 Å². The summed E-state index contributed by atoms with van der Waals surface area (Å²) < 4.78 is 4.94. The van der Waals surface area contributed by atoms with Gasteiger partial charge in [0.2, 0.25) is 0 Å². The first-order valence-corrected chi connectivity index (χ1v) is 5.95. The number of benzene rings is 1. The second-order valence-corrected chi connectivity index (χ2v) is 4.24. The monoisotopic (exact) mass is 291 g/mol. The van der Waals surface area contributed by atoms with Crippen LogP contribution in [0.2, 0.25) is 0 Å². The fraction of sp³-hybridized carbons (Fsp3) is 0.250. The molecule has 0 fully saturated rings. The van der Waals surface area contributed by atoms with Gasteiger partial charge in [0.25, 0.3) is 5.91 Å². The second kappa shape index (κ2) is 5.99. The number of hydrogen-bond donors (Lipinski definition) is 1. The Bertz CT molecular complexity index is 656. The molecule has 1 N–H and O–H groups in total. The number of carbonyl (C=O) groups is 1. The summed E-state index contributed by atoms with van der Waals surface area (Å²) in [6.07, 6.45) is 1.35. The molecule has 0 aliphatic rings. The van der Waals surface area contributed by atoms with Gasteiger partial charge in [0.05, 0.1) is 18.6 Å². The van der Waals surface area contributed by atoms with E-state index in [1.807, 2.05) is 0 Å². The average Bonchev–Trinajstić information content (AvgIpc) is 2.98. The van der Waals surface area contributed by atoms with Crippen molar-refractivity contribution in [3.63, 3.8) is 0 Å². The number of nitrogens with one attached hydrogen (secondary N) is 1. The quantitative estimate of drug-likeness (QED) is 0.649. The summed E-state index contributed by atoms with van der Waals surface area (Å²) >= 11 is 0. The first-order chi connectivity index (χ1) is 10.0. The van der Waals surface area contributed by atoms with Gasteiger partial charge in [-0.3, -0.25) is 20.0 Å². The van der Waals surface area contributed by atoms with Gasteiger partial charge in [0.1, 0.15) is 12.2 Å². The van der Waals surface area contributed by atoms with Crippen LogP contribution in [0.1, 0.15) is 16.2 Å². The first-order valence-electron chi connectivity index (χ1n) is 5.95. The molecule has 0 atom stereocenters. The van der Waals surface area contributed by atoms with Crippen LogP contribution in [-0.2, 0) is 6.54 Å². The van der Waals surface area contributed by atoms with Crippen molar-refractivity contribution in [2.45, 2.75) is 6.54 Å². The molecule has 1 aromatic heterocycles. The predicted octanol–water partition coefficient (Wildman–Crippen LogP) is 0.994. The molecule has 0 radical (unpaired) electrons. The summed E-state index contributed by atoms with van der Waals surface area (Å²) in [5.74, 6) is 0.276. The molecule has 110 valence electrons. The van der Waals surface area contributed by atoms with Crippen molar-refractivity contribution < 1.29 is 14.5 Å². The van der Waals surface area contributed by atoms with Gasteiger partial charge in [-0.05, 0) is 6.07 Å². The minimum absolute atomic E-state index is 0.0407. The van der Waals surface area contributed by atoms with E-state index in [0.717, 1.165) is 0 Å². The summed E-state index contributed by atoms with van der Waals surface area (Å²) in [6.45, 7) is 0.248. The van der Waals surface area contributed by atoms with Crippen molar-refractivity contribution in [2.24, 2.45) is 0 Å². The lowest BCUT2D eigenvalue weighted by molar-refractivity contribution is -0.385. The number of carbonyl (C=O) groups excluding carboxylic acids is 1. The molecular formula is C12H13N5O4. The van der Waals surface area contributed by atoms with E-state index in [9.17, 15) is 14.9 Å². The molecule has 1 heterocycles. The molecule has 1 amide bonds. The Hall–Kier alpha value is -2.97. The van der Waals surface area contributed by atoms with Gasteiger partial charge in [-0.1, -0.05) is 0 Å². The Morgan fingerprint density at radius 3 is 2.86 bits per heavy atom. The van der Waals surface area contributed by atoms with Crippen LogP contribution in [0.5, 0.6) is 5.75 Å². The van der Waals surface area contributed by atoms with Gasteiger partial charge in [0, 0.05) is 24.7 Å². The zero-order chi connectivity index (χ0) is 15.4. The zero-order valence-electron chi connectivity index (χ0n) is 11.4. The van der Waals surface area contributed by atoms with E-state index in [4.69, 9.17) is 4.74 Å². The number of nitro benzene ring substituents is 1. The summed E-state index contributed by atoms with van der Waals surface area (Å²) in [5, 5.41) is 17.2. The van der Waals surface area contributed by atoms with Crippen molar-refractivity contribution in [3.8, 4) is 5.75 Å². The van der Waals surface area contributed by atoms with E-state index in [1.54, 1.807) is 7.05 Å². The summed E-state index contributed by atoms with van der Waals surface area (Å²) in [7, 11) is 2.91.